The summed E-state index contributed by atoms with van der Waals surface area (Å²) in [7, 11) is 1.51. The van der Waals surface area contributed by atoms with Crippen molar-refractivity contribution in [3.05, 3.63) is 35.1 Å². The van der Waals surface area contributed by atoms with E-state index in [0.717, 1.165) is 12.1 Å². The van der Waals surface area contributed by atoms with E-state index in [2.05, 4.69) is 10.3 Å². The van der Waals surface area contributed by atoms with Gasteiger partial charge in [0.25, 0.3) is 0 Å². The Hall–Kier alpha value is -1.10. The second-order valence-corrected chi connectivity index (χ2v) is 4.50. The van der Waals surface area contributed by atoms with Crippen molar-refractivity contribution in [1.82, 2.24) is 5.32 Å². The number of hydrogen-bond acceptors (Lipinski definition) is 2. The molecule has 1 aromatic carbocycles. The van der Waals surface area contributed by atoms with Crippen LogP contribution in [0.15, 0.2) is 23.2 Å². The highest BCUT2D eigenvalue weighted by Crippen LogP contribution is 2.32. The predicted molar refractivity (Wildman–Crippen MR) is 86.6 cm³/mol. The number of hydrogen-bond donors (Lipinski definition) is 2. The third-order valence-corrected chi connectivity index (χ3v) is 2.61. The summed E-state index contributed by atoms with van der Waals surface area (Å²) < 4.78 is 56.2. The van der Waals surface area contributed by atoms with Crippen LogP contribution in [0.2, 0.25) is 0 Å². The Morgan fingerprint density at radius 1 is 1.41 bits per heavy atom. The van der Waals surface area contributed by atoms with Crippen LogP contribution in [0.3, 0.4) is 0 Å². The van der Waals surface area contributed by atoms with Crippen LogP contribution in [0.1, 0.15) is 18.1 Å². The average molecular weight is 435 g/mol. The zero-order chi connectivity index (χ0) is 16.0. The van der Waals surface area contributed by atoms with Crippen LogP contribution in [-0.4, -0.2) is 25.7 Å². The van der Waals surface area contributed by atoms with Gasteiger partial charge in [0.1, 0.15) is 5.82 Å². The third-order valence-electron chi connectivity index (χ3n) is 2.61. The SMILES string of the molecule is COCC(C)NC(N)=NCc1ccc(F)cc1C(F)(F)F.I. The fourth-order valence-corrected chi connectivity index (χ4v) is 1.71. The summed E-state index contributed by atoms with van der Waals surface area (Å²) in [6, 6.07) is 2.32. The Morgan fingerprint density at radius 3 is 2.59 bits per heavy atom. The maximum absolute atomic E-state index is 12.9. The molecule has 1 unspecified atom stereocenters. The van der Waals surface area contributed by atoms with E-state index in [4.69, 9.17) is 10.5 Å². The van der Waals surface area contributed by atoms with Crippen molar-refractivity contribution in [3.8, 4) is 0 Å². The number of nitrogens with two attached hydrogens (primary N) is 1. The Bertz CT molecular complexity index is 509. The number of alkyl halides is 3. The minimum atomic E-state index is -4.64. The molecule has 0 aliphatic rings. The van der Waals surface area contributed by atoms with Crippen molar-refractivity contribution in [2.45, 2.75) is 25.7 Å². The van der Waals surface area contributed by atoms with Crippen LogP contribution in [-0.2, 0) is 17.5 Å². The average Bonchev–Trinajstić information content (AvgIpc) is 2.36. The van der Waals surface area contributed by atoms with Gasteiger partial charge in [-0.1, -0.05) is 6.07 Å². The summed E-state index contributed by atoms with van der Waals surface area (Å²) in [5, 5.41) is 2.77. The summed E-state index contributed by atoms with van der Waals surface area (Å²) in [6.07, 6.45) is -4.64. The molecule has 126 valence electrons. The van der Waals surface area contributed by atoms with Crippen molar-refractivity contribution in [3.63, 3.8) is 0 Å². The Kier molecular flexibility index (Phi) is 8.68. The molecule has 9 heteroatoms. The van der Waals surface area contributed by atoms with Crippen molar-refractivity contribution < 1.29 is 22.3 Å². The number of guanidine groups is 1. The molecule has 0 bridgehead atoms. The van der Waals surface area contributed by atoms with E-state index < -0.39 is 17.6 Å². The van der Waals surface area contributed by atoms with E-state index in [0.29, 0.717) is 12.7 Å². The first-order chi connectivity index (χ1) is 9.74. The molecule has 0 saturated heterocycles. The number of benzene rings is 1. The summed E-state index contributed by atoms with van der Waals surface area (Å²) in [6.45, 7) is 1.86. The molecule has 0 amide bonds. The lowest BCUT2D eigenvalue weighted by Gasteiger charge is -2.14. The van der Waals surface area contributed by atoms with E-state index >= 15 is 0 Å². The van der Waals surface area contributed by atoms with E-state index in [1.54, 1.807) is 6.92 Å². The van der Waals surface area contributed by atoms with Crippen LogP contribution in [0, 0.1) is 5.82 Å². The van der Waals surface area contributed by atoms with Gasteiger partial charge in [-0.15, -0.1) is 24.0 Å². The normalized spacial score (nSPS) is 13.5. The van der Waals surface area contributed by atoms with Crippen molar-refractivity contribution in [2.24, 2.45) is 10.7 Å². The van der Waals surface area contributed by atoms with Crippen LogP contribution in [0.4, 0.5) is 17.6 Å². The molecule has 3 N–H and O–H groups in total. The first-order valence-electron chi connectivity index (χ1n) is 6.15. The summed E-state index contributed by atoms with van der Waals surface area (Å²) in [5.41, 5.74) is 4.37. The molecule has 0 aliphatic heterocycles. The summed E-state index contributed by atoms with van der Waals surface area (Å²) in [4.78, 5) is 3.83. The molecule has 0 aliphatic carbocycles. The van der Waals surface area contributed by atoms with Crippen LogP contribution in [0.25, 0.3) is 0 Å². The van der Waals surface area contributed by atoms with Gasteiger partial charge < -0.3 is 15.8 Å². The zero-order valence-electron chi connectivity index (χ0n) is 12.1. The lowest BCUT2D eigenvalue weighted by molar-refractivity contribution is -0.138. The second-order valence-electron chi connectivity index (χ2n) is 4.50. The number of halogens is 5. The van der Waals surface area contributed by atoms with E-state index in [1.807, 2.05) is 0 Å². The van der Waals surface area contributed by atoms with Gasteiger partial charge in [-0.2, -0.15) is 13.2 Å². The van der Waals surface area contributed by atoms with Gasteiger partial charge in [0.05, 0.1) is 18.7 Å². The van der Waals surface area contributed by atoms with Crippen LogP contribution in [0.5, 0.6) is 0 Å². The molecular formula is C13H18F4IN3O. The quantitative estimate of drug-likeness (QED) is 0.324. The molecule has 0 radical (unpaired) electrons. The van der Waals surface area contributed by atoms with Crippen molar-refractivity contribution in [1.29, 1.82) is 0 Å². The fraction of sp³-hybridized carbons (Fsp3) is 0.462. The lowest BCUT2D eigenvalue weighted by Crippen LogP contribution is -2.40. The number of methoxy groups -OCH3 is 1. The zero-order valence-corrected chi connectivity index (χ0v) is 14.4. The standard InChI is InChI=1S/C13H17F4N3O.HI/c1-8(7-21-2)20-12(18)19-6-9-3-4-10(14)5-11(9)13(15,16)17;/h3-5,8H,6-7H2,1-2H3,(H3,18,19,20);1H. The maximum Gasteiger partial charge on any atom is 0.416 e. The first-order valence-corrected chi connectivity index (χ1v) is 6.15. The number of nitrogens with zero attached hydrogens (tertiary/aromatic N) is 1. The molecule has 0 heterocycles. The fourth-order valence-electron chi connectivity index (χ4n) is 1.71. The lowest BCUT2D eigenvalue weighted by atomic mass is 10.1. The van der Waals surface area contributed by atoms with Gasteiger partial charge in [-0.25, -0.2) is 9.38 Å². The molecule has 1 atom stereocenters. The Labute approximate surface area is 143 Å². The molecule has 1 aromatic rings. The van der Waals surface area contributed by atoms with Gasteiger partial charge in [-0.05, 0) is 24.6 Å². The van der Waals surface area contributed by atoms with Crippen LogP contribution >= 0.6 is 24.0 Å². The summed E-state index contributed by atoms with van der Waals surface area (Å²) in [5.74, 6) is -0.952. The molecule has 22 heavy (non-hydrogen) atoms. The molecule has 0 aromatic heterocycles. The topological polar surface area (TPSA) is 59.6 Å². The molecule has 0 spiro atoms. The van der Waals surface area contributed by atoms with Crippen molar-refractivity contribution in [2.75, 3.05) is 13.7 Å². The Balaban J connectivity index is 0.00000441. The van der Waals surface area contributed by atoms with E-state index in [1.165, 1.54) is 7.11 Å². The largest absolute Gasteiger partial charge is 0.416 e. The number of aliphatic imine (C=N–C) groups is 1. The molecule has 1 rings (SSSR count). The predicted octanol–water partition coefficient (Wildman–Crippen LogP) is 2.90. The second kappa shape index (κ2) is 9.13. The minimum Gasteiger partial charge on any atom is -0.383 e. The van der Waals surface area contributed by atoms with E-state index in [9.17, 15) is 17.6 Å². The number of nitrogens with one attached hydrogen (secondary N) is 1. The van der Waals surface area contributed by atoms with Gasteiger partial charge in [0, 0.05) is 13.2 Å². The molecule has 0 fully saturated rings. The van der Waals surface area contributed by atoms with Gasteiger partial charge in [0.2, 0.25) is 0 Å². The molecular weight excluding hydrogens is 417 g/mol. The van der Waals surface area contributed by atoms with Gasteiger partial charge in [-0.3, -0.25) is 0 Å². The smallest absolute Gasteiger partial charge is 0.383 e. The van der Waals surface area contributed by atoms with E-state index in [-0.39, 0.29) is 48.1 Å². The molecule has 4 nitrogen and oxygen atoms in total. The minimum absolute atomic E-state index is 0. The van der Waals surface area contributed by atoms with Gasteiger partial charge in [0.15, 0.2) is 5.96 Å². The third kappa shape index (κ3) is 6.77. The highest BCUT2D eigenvalue weighted by molar-refractivity contribution is 14.0. The maximum atomic E-state index is 12.9. The van der Waals surface area contributed by atoms with Gasteiger partial charge >= 0.3 is 6.18 Å². The monoisotopic (exact) mass is 435 g/mol. The highest BCUT2D eigenvalue weighted by atomic mass is 127. The molecule has 0 saturated carbocycles. The summed E-state index contributed by atoms with van der Waals surface area (Å²) >= 11 is 0. The highest BCUT2D eigenvalue weighted by Gasteiger charge is 2.33. The Morgan fingerprint density at radius 2 is 2.05 bits per heavy atom. The van der Waals surface area contributed by atoms with Crippen LogP contribution < -0.4 is 11.1 Å². The first kappa shape index (κ1) is 20.9. The number of rotatable bonds is 5. The number of ether oxygens (including phenoxy) is 1. The van der Waals surface area contributed by atoms with Crippen molar-refractivity contribution >= 4 is 29.9 Å².